The second-order valence-corrected chi connectivity index (χ2v) is 7.91. The fourth-order valence-corrected chi connectivity index (χ4v) is 3.52. The third kappa shape index (κ3) is 6.95. The van der Waals surface area contributed by atoms with Gasteiger partial charge in [-0.25, -0.2) is 4.99 Å². The molecule has 0 spiro atoms. The summed E-state index contributed by atoms with van der Waals surface area (Å²) in [6, 6.07) is 6.24. The van der Waals surface area contributed by atoms with Crippen molar-refractivity contribution in [2.24, 2.45) is 15.9 Å². The van der Waals surface area contributed by atoms with Crippen molar-refractivity contribution < 1.29 is 4.79 Å². The number of nitrogens with zero attached hydrogens (tertiary/aromatic N) is 2. The van der Waals surface area contributed by atoms with Crippen LogP contribution in [0.15, 0.2) is 52.4 Å². The number of anilines is 1. The summed E-state index contributed by atoms with van der Waals surface area (Å²) in [7, 11) is 0. The van der Waals surface area contributed by atoms with Crippen molar-refractivity contribution in [2.45, 2.75) is 47.5 Å². The molecule has 1 aliphatic heterocycles. The second kappa shape index (κ2) is 11.5. The lowest BCUT2D eigenvalue weighted by Crippen LogP contribution is -2.38. The zero-order valence-electron chi connectivity index (χ0n) is 18.9. The molecule has 6 nitrogen and oxygen atoms in total. The highest BCUT2D eigenvalue weighted by Crippen LogP contribution is 2.20. The Kier molecular flexibility index (Phi) is 8.99. The first-order chi connectivity index (χ1) is 14.3. The van der Waals surface area contributed by atoms with Crippen LogP contribution in [0.3, 0.4) is 0 Å². The van der Waals surface area contributed by atoms with E-state index in [0.29, 0.717) is 29.6 Å². The lowest BCUT2D eigenvalue weighted by molar-refractivity contribution is -0.115. The van der Waals surface area contributed by atoms with E-state index in [1.54, 1.807) is 6.92 Å². The summed E-state index contributed by atoms with van der Waals surface area (Å²) in [5.74, 6) is 0.381. The lowest BCUT2D eigenvalue weighted by Gasteiger charge is -2.22. The lowest BCUT2D eigenvalue weighted by atomic mass is 9.98. The van der Waals surface area contributed by atoms with Crippen LogP contribution in [0.5, 0.6) is 0 Å². The smallest absolute Gasteiger partial charge is 0.265 e. The Balaban J connectivity index is 2.21. The van der Waals surface area contributed by atoms with Gasteiger partial charge in [0, 0.05) is 24.1 Å². The van der Waals surface area contributed by atoms with Gasteiger partial charge in [0.1, 0.15) is 11.4 Å². The minimum Gasteiger partial charge on any atom is -0.357 e. The maximum atomic E-state index is 12.6. The first kappa shape index (κ1) is 23.5. The minimum atomic E-state index is -0.142. The SMILES string of the molecule is C=C/N=C(/C)C(/N=C(\C)C(=O)NCC1CCNCC1)=C(C)Nc1ccc(C)cc1C. The largest absolute Gasteiger partial charge is 0.357 e. The average molecular weight is 410 g/mol. The molecule has 1 aromatic carbocycles. The summed E-state index contributed by atoms with van der Waals surface area (Å²) < 4.78 is 0. The average Bonchev–Trinajstić information content (AvgIpc) is 2.72. The van der Waals surface area contributed by atoms with Crippen LogP contribution < -0.4 is 16.0 Å². The van der Waals surface area contributed by atoms with Gasteiger partial charge in [0.2, 0.25) is 0 Å². The highest BCUT2D eigenvalue weighted by Gasteiger charge is 2.16. The number of carbonyl (C=O) groups excluding carboxylic acids is 1. The molecule has 0 bridgehead atoms. The van der Waals surface area contributed by atoms with Crippen LogP contribution in [0.2, 0.25) is 0 Å². The van der Waals surface area contributed by atoms with E-state index in [0.717, 1.165) is 42.9 Å². The van der Waals surface area contributed by atoms with E-state index in [-0.39, 0.29) is 5.91 Å². The Hall–Kier alpha value is -2.73. The summed E-state index contributed by atoms with van der Waals surface area (Å²) in [6.07, 6.45) is 3.67. The van der Waals surface area contributed by atoms with Crippen LogP contribution in [-0.2, 0) is 4.79 Å². The summed E-state index contributed by atoms with van der Waals surface area (Å²) in [4.78, 5) is 21.5. The number of aliphatic imine (C=N–C) groups is 2. The molecule has 0 unspecified atom stereocenters. The Labute approximate surface area is 180 Å². The number of amides is 1. The number of piperidine rings is 1. The molecule has 30 heavy (non-hydrogen) atoms. The van der Waals surface area contributed by atoms with E-state index >= 15 is 0 Å². The highest BCUT2D eigenvalue weighted by atomic mass is 16.1. The standard InChI is InChI=1S/C24H35N5O/c1-7-26-18(4)23(19(5)28-22-9-8-16(2)14-17(22)3)29-20(6)24(30)27-15-21-10-12-25-13-11-21/h7-9,14,21,25,28H,1,10-13,15H2,2-6H3,(H,27,30)/b23-19?,26-18-,29-20+. The normalized spacial score (nSPS) is 16.7. The monoisotopic (exact) mass is 409 g/mol. The number of hydrogen-bond donors (Lipinski definition) is 3. The van der Waals surface area contributed by atoms with Crippen LogP contribution in [0, 0.1) is 19.8 Å². The summed E-state index contributed by atoms with van der Waals surface area (Å²) >= 11 is 0. The molecule has 0 aliphatic carbocycles. The topological polar surface area (TPSA) is 77.9 Å². The van der Waals surface area contributed by atoms with Crippen LogP contribution in [0.4, 0.5) is 5.69 Å². The molecular weight excluding hydrogens is 374 g/mol. The Morgan fingerprint density at radius 2 is 1.90 bits per heavy atom. The second-order valence-electron chi connectivity index (χ2n) is 7.91. The molecule has 1 heterocycles. The molecule has 1 amide bonds. The van der Waals surface area contributed by atoms with Gasteiger partial charge < -0.3 is 16.0 Å². The van der Waals surface area contributed by atoms with Gasteiger partial charge in [0.15, 0.2) is 0 Å². The first-order valence-corrected chi connectivity index (χ1v) is 10.6. The number of carbonyl (C=O) groups is 1. The van der Waals surface area contributed by atoms with Crippen molar-refractivity contribution in [3.8, 4) is 0 Å². The number of benzene rings is 1. The van der Waals surface area contributed by atoms with E-state index in [9.17, 15) is 4.79 Å². The van der Waals surface area contributed by atoms with Crippen molar-refractivity contribution in [3.05, 3.63) is 53.5 Å². The highest BCUT2D eigenvalue weighted by molar-refractivity contribution is 6.38. The molecule has 1 saturated heterocycles. The maximum absolute atomic E-state index is 12.6. The molecular formula is C24H35N5O. The van der Waals surface area contributed by atoms with Crippen LogP contribution in [0.25, 0.3) is 0 Å². The third-order valence-corrected chi connectivity index (χ3v) is 5.31. The van der Waals surface area contributed by atoms with Crippen molar-refractivity contribution in [1.82, 2.24) is 10.6 Å². The van der Waals surface area contributed by atoms with E-state index in [2.05, 4.69) is 58.5 Å². The van der Waals surface area contributed by atoms with Gasteiger partial charge in [-0.1, -0.05) is 24.3 Å². The molecule has 6 heteroatoms. The van der Waals surface area contributed by atoms with Gasteiger partial charge in [0.05, 0.1) is 5.71 Å². The number of aryl methyl sites for hydroxylation is 2. The van der Waals surface area contributed by atoms with E-state index in [1.165, 1.54) is 11.8 Å². The fourth-order valence-electron chi connectivity index (χ4n) is 3.52. The zero-order valence-corrected chi connectivity index (χ0v) is 18.9. The first-order valence-electron chi connectivity index (χ1n) is 10.6. The predicted molar refractivity (Wildman–Crippen MR) is 127 cm³/mol. The molecule has 1 aliphatic rings. The van der Waals surface area contributed by atoms with Gasteiger partial charge in [-0.05, 0) is 78.1 Å². The van der Waals surface area contributed by atoms with Gasteiger partial charge in [-0.3, -0.25) is 9.79 Å². The molecule has 0 atom stereocenters. The van der Waals surface area contributed by atoms with Crippen LogP contribution in [-0.4, -0.2) is 37.0 Å². The molecule has 1 aromatic rings. The molecule has 3 N–H and O–H groups in total. The maximum Gasteiger partial charge on any atom is 0.265 e. The number of rotatable bonds is 8. The predicted octanol–water partition coefficient (Wildman–Crippen LogP) is 4.13. The quantitative estimate of drug-likeness (QED) is 0.565. The summed E-state index contributed by atoms with van der Waals surface area (Å²) in [5, 5.41) is 9.80. The van der Waals surface area contributed by atoms with Gasteiger partial charge in [-0.2, -0.15) is 0 Å². The molecule has 0 saturated carbocycles. The molecule has 0 radical (unpaired) electrons. The third-order valence-electron chi connectivity index (χ3n) is 5.31. The van der Waals surface area contributed by atoms with Crippen molar-refractivity contribution in [3.63, 3.8) is 0 Å². The Bertz CT molecular complexity index is 860. The van der Waals surface area contributed by atoms with Crippen molar-refractivity contribution in [2.75, 3.05) is 25.0 Å². The molecule has 1 fully saturated rings. The summed E-state index contributed by atoms with van der Waals surface area (Å²) in [5.41, 5.74) is 5.95. The van der Waals surface area contributed by atoms with Crippen molar-refractivity contribution >= 4 is 23.0 Å². The number of hydrogen-bond acceptors (Lipinski definition) is 5. The van der Waals surface area contributed by atoms with Crippen LogP contribution in [0.1, 0.15) is 44.7 Å². The van der Waals surface area contributed by atoms with E-state index < -0.39 is 0 Å². The van der Waals surface area contributed by atoms with Crippen molar-refractivity contribution in [1.29, 1.82) is 0 Å². The number of nitrogens with one attached hydrogen (secondary N) is 3. The van der Waals surface area contributed by atoms with E-state index in [4.69, 9.17) is 0 Å². The van der Waals surface area contributed by atoms with Gasteiger partial charge in [0.25, 0.3) is 5.91 Å². The Morgan fingerprint density at radius 1 is 1.20 bits per heavy atom. The summed E-state index contributed by atoms with van der Waals surface area (Å²) in [6.45, 7) is 16.1. The van der Waals surface area contributed by atoms with E-state index in [1.807, 2.05) is 19.9 Å². The molecule has 0 aromatic heterocycles. The van der Waals surface area contributed by atoms with Gasteiger partial charge in [-0.15, -0.1) is 0 Å². The van der Waals surface area contributed by atoms with Gasteiger partial charge >= 0.3 is 0 Å². The molecule has 162 valence electrons. The minimum absolute atomic E-state index is 0.142. The fraction of sp³-hybridized carbons (Fsp3) is 0.458. The Morgan fingerprint density at radius 3 is 2.53 bits per heavy atom. The zero-order chi connectivity index (χ0) is 22.1. The molecule has 2 rings (SSSR count). The number of allylic oxidation sites excluding steroid dienone is 2. The van der Waals surface area contributed by atoms with Crippen LogP contribution >= 0.6 is 0 Å².